The van der Waals surface area contributed by atoms with Gasteiger partial charge in [0, 0.05) is 16.3 Å². The van der Waals surface area contributed by atoms with Crippen molar-refractivity contribution in [1.29, 1.82) is 0 Å². The SMILES string of the molecule is CC1=NN(C(=S)NC(=O)c2ccc(Cl)cc2)C(=O)C1. The van der Waals surface area contributed by atoms with E-state index in [-0.39, 0.29) is 17.4 Å². The van der Waals surface area contributed by atoms with Crippen LogP contribution in [0.25, 0.3) is 0 Å². The Balaban J connectivity index is 2.05. The van der Waals surface area contributed by atoms with Crippen LogP contribution in [0.2, 0.25) is 5.02 Å². The minimum absolute atomic E-state index is 0.0261. The van der Waals surface area contributed by atoms with Crippen molar-refractivity contribution in [2.24, 2.45) is 5.10 Å². The number of hydrazone groups is 1. The lowest BCUT2D eigenvalue weighted by Gasteiger charge is -2.13. The summed E-state index contributed by atoms with van der Waals surface area (Å²) in [6, 6.07) is 6.34. The van der Waals surface area contributed by atoms with Crippen molar-refractivity contribution >= 4 is 46.5 Å². The molecule has 7 heteroatoms. The summed E-state index contributed by atoms with van der Waals surface area (Å²) in [6.07, 6.45) is 0.219. The predicted molar refractivity (Wildman–Crippen MR) is 76.1 cm³/mol. The molecule has 5 nitrogen and oxygen atoms in total. The van der Waals surface area contributed by atoms with E-state index in [4.69, 9.17) is 23.8 Å². The summed E-state index contributed by atoms with van der Waals surface area (Å²) in [7, 11) is 0. The van der Waals surface area contributed by atoms with E-state index in [9.17, 15) is 9.59 Å². The van der Waals surface area contributed by atoms with Gasteiger partial charge in [0.15, 0.2) is 0 Å². The maximum absolute atomic E-state index is 11.9. The molecule has 0 saturated carbocycles. The van der Waals surface area contributed by atoms with Crippen LogP contribution in [0, 0.1) is 0 Å². The molecule has 0 saturated heterocycles. The smallest absolute Gasteiger partial charge is 0.257 e. The Hall–Kier alpha value is -1.79. The van der Waals surface area contributed by atoms with E-state index in [2.05, 4.69) is 10.4 Å². The van der Waals surface area contributed by atoms with Crippen molar-refractivity contribution in [3.05, 3.63) is 34.9 Å². The molecule has 0 fully saturated rings. The lowest BCUT2D eigenvalue weighted by Crippen LogP contribution is -2.41. The van der Waals surface area contributed by atoms with Crippen molar-refractivity contribution in [1.82, 2.24) is 10.3 Å². The summed E-state index contributed by atoms with van der Waals surface area (Å²) in [5.41, 5.74) is 1.06. The zero-order valence-electron chi connectivity index (χ0n) is 10.0. The zero-order valence-corrected chi connectivity index (χ0v) is 11.6. The Morgan fingerprint density at radius 3 is 2.58 bits per heavy atom. The molecule has 1 aliphatic rings. The number of nitrogens with zero attached hydrogens (tertiary/aromatic N) is 2. The normalized spacial score (nSPS) is 14.3. The molecule has 98 valence electrons. The zero-order chi connectivity index (χ0) is 14.0. The molecule has 0 radical (unpaired) electrons. The third kappa shape index (κ3) is 3.15. The lowest BCUT2D eigenvalue weighted by atomic mass is 10.2. The van der Waals surface area contributed by atoms with Crippen molar-refractivity contribution in [3.8, 4) is 0 Å². The number of carbonyl (C=O) groups excluding carboxylic acids is 2. The van der Waals surface area contributed by atoms with E-state index < -0.39 is 5.91 Å². The van der Waals surface area contributed by atoms with Gasteiger partial charge in [-0.05, 0) is 43.4 Å². The number of hydrogen-bond donors (Lipinski definition) is 1. The lowest BCUT2D eigenvalue weighted by molar-refractivity contribution is -0.125. The first-order valence-electron chi connectivity index (χ1n) is 5.45. The van der Waals surface area contributed by atoms with Crippen molar-refractivity contribution < 1.29 is 9.59 Å². The van der Waals surface area contributed by atoms with Gasteiger partial charge in [-0.25, -0.2) is 0 Å². The van der Waals surface area contributed by atoms with Gasteiger partial charge in [0.1, 0.15) is 0 Å². The number of nitrogens with one attached hydrogen (secondary N) is 1. The van der Waals surface area contributed by atoms with Crippen LogP contribution in [0.4, 0.5) is 0 Å². The van der Waals surface area contributed by atoms with Gasteiger partial charge >= 0.3 is 0 Å². The summed E-state index contributed by atoms with van der Waals surface area (Å²) >= 11 is 10.7. The second-order valence-electron chi connectivity index (χ2n) is 3.98. The Bertz CT molecular complexity index is 583. The maximum Gasteiger partial charge on any atom is 0.257 e. The molecule has 0 aliphatic carbocycles. The average Bonchev–Trinajstić information content (AvgIpc) is 2.69. The molecule has 1 N–H and O–H groups in total. The van der Waals surface area contributed by atoms with Gasteiger partial charge in [-0.3, -0.25) is 14.9 Å². The number of amides is 2. The van der Waals surface area contributed by atoms with Crippen molar-refractivity contribution in [2.45, 2.75) is 13.3 Å². The van der Waals surface area contributed by atoms with Crippen LogP contribution in [0.3, 0.4) is 0 Å². The number of halogens is 1. The minimum atomic E-state index is -0.408. The fourth-order valence-electron chi connectivity index (χ4n) is 1.54. The summed E-state index contributed by atoms with van der Waals surface area (Å²) in [4.78, 5) is 23.4. The largest absolute Gasteiger partial charge is 0.297 e. The van der Waals surface area contributed by atoms with E-state index in [1.807, 2.05) is 0 Å². The van der Waals surface area contributed by atoms with Gasteiger partial charge in [-0.1, -0.05) is 11.6 Å². The molecule has 1 aromatic rings. The molecular formula is C12H10ClN3O2S. The standard InChI is InChI=1S/C12H10ClN3O2S/c1-7-6-10(17)16(15-7)12(19)14-11(18)8-2-4-9(13)5-3-8/h2-5H,6H2,1H3,(H,14,18,19). The third-order valence-corrected chi connectivity index (χ3v) is 2.96. The van der Waals surface area contributed by atoms with Crippen LogP contribution in [0.5, 0.6) is 0 Å². The van der Waals surface area contributed by atoms with Crippen LogP contribution in [-0.2, 0) is 4.79 Å². The van der Waals surface area contributed by atoms with Crippen LogP contribution in [0.1, 0.15) is 23.7 Å². The molecule has 0 atom stereocenters. The number of hydrogen-bond acceptors (Lipinski definition) is 4. The van der Waals surface area contributed by atoms with Crippen LogP contribution >= 0.6 is 23.8 Å². The highest BCUT2D eigenvalue weighted by Gasteiger charge is 2.25. The average molecular weight is 296 g/mol. The first-order valence-corrected chi connectivity index (χ1v) is 6.24. The van der Waals surface area contributed by atoms with Gasteiger partial charge in [-0.2, -0.15) is 10.1 Å². The Labute approximate surface area is 120 Å². The molecule has 1 heterocycles. The number of carbonyl (C=O) groups is 2. The number of benzene rings is 1. The molecule has 2 rings (SSSR count). The minimum Gasteiger partial charge on any atom is -0.297 e. The van der Waals surface area contributed by atoms with Gasteiger partial charge in [0.05, 0.1) is 6.42 Å². The van der Waals surface area contributed by atoms with Crippen LogP contribution < -0.4 is 5.32 Å². The van der Waals surface area contributed by atoms with Crippen LogP contribution in [-0.4, -0.2) is 27.6 Å². The summed E-state index contributed by atoms with van der Waals surface area (Å²) in [5, 5.41) is 7.95. The Morgan fingerprint density at radius 1 is 1.42 bits per heavy atom. The van der Waals surface area contributed by atoms with E-state index in [1.54, 1.807) is 31.2 Å². The van der Waals surface area contributed by atoms with Crippen LogP contribution in [0.15, 0.2) is 29.4 Å². The molecule has 0 unspecified atom stereocenters. The summed E-state index contributed by atoms with van der Waals surface area (Å²) < 4.78 is 0. The topological polar surface area (TPSA) is 61.8 Å². The highest BCUT2D eigenvalue weighted by Crippen LogP contribution is 2.11. The molecular weight excluding hydrogens is 286 g/mol. The summed E-state index contributed by atoms with van der Waals surface area (Å²) in [5.74, 6) is -0.659. The van der Waals surface area contributed by atoms with Gasteiger partial charge < -0.3 is 0 Å². The van der Waals surface area contributed by atoms with Gasteiger partial charge in [0.2, 0.25) is 5.11 Å². The van der Waals surface area contributed by atoms with E-state index in [1.165, 1.54) is 0 Å². The van der Waals surface area contributed by atoms with E-state index >= 15 is 0 Å². The molecule has 2 amide bonds. The van der Waals surface area contributed by atoms with E-state index in [0.717, 1.165) is 5.01 Å². The van der Waals surface area contributed by atoms with Crippen molar-refractivity contribution in [2.75, 3.05) is 0 Å². The summed E-state index contributed by atoms with van der Waals surface area (Å²) in [6.45, 7) is 1.72. The molecule has 1 aromatic carbocycles. The third-order valence-electron chi connectivity index (χ3n) is 2.43. The molecule has 0 bridgehead atoms. The molecule has 19 heavy (non-hydrogen) atoms. The first-order chi connectivity index (χ1) is 8.97. The fourth-order valence-corrected chi connectivity index (χ4v) is 1.90. The van der Waals surface area contributed by atoms with Crippen molar-refractivity contribution in [3.63, 3.8) is 0 Å². The molecule has 0 aromatic heterocycles. The second kappa shape index (κ2) is 5.46. The molecule has 0 spiro atoms. The number of rotatable bonds is 1. The van der Waals surface area contributed by atoms with Gasteiger partial charge in [-0.15, -0.1) is 0 Å². The Morgan fingerprint density at radius 2 is 2.05 bits per heavy atom. The molecule has 1 aliphatic heterocycles. The predicted octanol–water partition coefficient (Wildman–Crippen LogP) is 1.96. The maximum atomic E-state index is 11.9. The quantitative estimate of drug-likeness (QED) is 0.806. The first kappa shape index (κ1) is 13.6. The number of thiocarbonyl (C=S) groups is 1. The monoisotopic (exact) mass is 295 g/mol. The highest BCUT2D eigenvalue weighted by atomic mass is 35.5. The van der Waals surface area contributed by atoms with E-state index in [0.29, 0.717) is 16.3 Å². The highest BCUT2D eigenvalue weighted by molar-refractivity contribution is 7.80. The fraction of sp³-hybridized carbons (Fsp3) is 0.167. The Kier molecular flexibility index (Phi) is 3.92. The second-order valence-corrected chi connectivity index (χ2v) is 4.81. The van der Waals surface area contributed by atoms with Gasteiger partial charge in [0.25, 0.3) is 11.8 Å².